The van der Waals surface area contributed by atoms with Crippen LogP contribution in [0.5, 0.6) is 0 Å². The molecule has 6 nitrogen and oxygen atoms in total. The van der Waals surface area contributed by atoms with E-state index in [0.29, 0.717) is 26.1 Å². The molecule has 0 radical (unpaired) electrons. The molecule has 0 saturated heterocycles. The fourth-order valence-electron chi connectivity index (χ4n) is 2.63. The standard InChI is InChI=1S/C18H36N2O4.K/c1-2-3-4-5-6-7-8-9-10-11-17(22)20(14-15-21)13-12-19-16-18(23)24;/h19,21H,2-16H2,1H3,(H,23,24);/q;+1/p-1. The first kappa shape index (κ1) is 27.7. The molecule has 0 bridgehead atoms. The molecule has 0 aromatic heterocycles. The van der Waals surface area contributed by atoms with Gasteiger partial charge < -0.3 is 25.2 Å². The molecule has 0 aliphatic carbocycles. The molecule has 2 N–H and O–H groups in total. The van der Waals surface area contributed by atoms with Gasteiger partial charge in [-0.25, -0.2) is 0 Å². The number of amides is 1. The second-order valence-corrected chi connectivity index (χ2v) is 6.23. The summed E-state index contributed by atoms with van der Waals surface area (Å²) in [5.41, 5.74) is 0. The number of aliphatic carboxylic acids is 1. The van der Waals surface area contributed by atoms with Crippen LogP contribution in [0.3, 0.4) is 0 Å². The number of hydrogen-bond donors (Lipinski definition) is 2. The Labute approximate surface area is 195 Å². The summed E-state index contributed by atoms with van der Waals surface area (Å²) in [4.78, 5) is 24.0. The maximum absolute atomic E-state index is 12.1. The SMILES string of the molecule is CCCCCCCCCCCC(=O)N(CCO)CCNCC(=O)[O-].[K+]. The van der Waals surface area contributed by atoms with Crippen LogP contribution in [0.1, 0.15) is 71.1 Å². The number of carboxylic acids is 1. The van der Waals surface area contributed by atoms with Gasteiger partial charge in [-0.2, -0.15) is 0 Å². The summed E-state index contributed by atoms with van der Waals surface area (Å²) in [5, 5.41) is 22.0. The Hall–Kier alpha value is 0.496. The molecule has 142 valence electrons. The number of aliphatic hydroxyl groups is 1. The van der Waals surface area contributed by atoms with Crippen LogP contribution in [0.4, 0.5) is 0 Å². The number of aliphatic hydroxyl groups excluding tert-OH is 1. The topological polar surface area (TPSA) is 92.7 Å². The predicted molar refractivity (Wildman–Crippen MR) is 93.4 cm³/mol. The predicted octanol–water partition coefficient (Wildman–Crippen LogP) is -1.93. The van der Waals surface area contributed by atoms with Gasteiger partial charge in [0.05, 0.1) is 12.6 Å². The van der Waals surface area contributed by atoms with Gasteiger partial charge in [0.2, 0.25) is 5.91 Å². The zero-order valence-electron chi connectivity index (χ0n) is 16.2. The molecule has 0 heterocycles. The summed E-state index contributed by atoms with van der Waals surface area (Å²) in [5.74, 6) is -1.13. The summed E-state index contributed by atoms with van der Waals surface area (Å²) in [6.07, 6.45) is 11.4. The van der Waals surface area contributed by atoms with E-state index < -0.39 is 5.97 Å². The van der Waals surface area contributed by atoms with Crippen molar-refractivity contribution < 1.29 is 71.2 Å². The Bertz CT molecular complexity index is 330. The van der Waals surface area contributed by atoms with E-state index in [0.717, 1.165) is 12.8 Å². The fourth-order valence-corrected chi connectivity index (χ4v) is 2.63. The van der Waals surface area contributed by atoms with Crippen LogP contribution in [-0.2, 0) is 9.59 Å². The molecule has 0 atom stereocenters. The van der Waals surface area contributed by atoms with E-state index in [1.54, 1.807) is 4.90 Å². The van der Waals surface area contributed by atoms with Crippen molar-refractivity contribution in [2.24, 2.45) is 0 Å². The van der Waals surface area contributed by atoms with Crippen LogP contribution in [0.25, 0.3) is 0 Å². The average molecular weight is 383 g/mol. The van der Waals surface area contributed by atoms with Crippen LogP contribution < -0.4 is 61.8 Å². The third-order valence-corrected chi connectivity index (χ3v) is 4.04. The van der Waals surface area contributed by atoms with Crippen molar-refractivity contribution >= 4 is 11.9 Å². The van der Waals surface area contributed by atoms with Gasteiger partial charge in [-0.3, -0.25) is 4.79 Å². The van der Waals surface area contributed by atoms with E-state index in [2.05, 4.69) is 12.2 Å². The van der Waals surface area contributed by atoms with Crippen LogP contribution >= 0.6 is 0 Å². The number of nitrogens with one attached hydrogen (secondary N) is 1. The van der Waals surface area contributed by atoms with E-state index in [-0.39, 0.29) is 70.4 Å². The van der Waals surface area contributed by atoms with E-state index in [1.807, 2.05) is 0 Å². The molecule has 0 spiro atoms. The summed E-state index contributed by atoms with van der Waals surface area (Å²) in [7, 11) is 0. The maximum Gasteiger partial charge on any atom is 1.00 e. The van der Waals surface area contributed by atoms with E-state index >= 15 is 0 Å². The minimum absolute atomic E-state index is 0. The van der Waals surface area contributed by atoms with Crippen LogP contribution in [0, 0.1) is 0 Å². The van der Waals surface area contributed by atoms with Gasteiger partial charge in [0.1, 0.15) is 0 Å². The first-order valence-electron chi connectivity index (χ1n) is 9.41. The minimum Gasteiger partial charge on any atom is -0.549 e. The maximum atomic E-state index is 12.1. The molecule has 0 aliphatic heterocycles. The molecule has 25 heavy (non-hydrogen) atoms. The van der Waals surface area contributed by atoms with Gasteiger partial charge in [-0.1, -0.05) is 58.3 Å². The number of carboxylic acid groups (broad SMARTS) is 1. The van der Waals surface area contributed by atoms with Crippen molar-refractivity contribution in [1.29, 1.82) is 0 Å². The number of carbonyl (C=O) groups excluding carboxylic acids is 2. The second-order valence-electron chi connectivity index (χ2n) is 6.23. The molecule has 0 rings (SSSR count). The van der Waals surface area contributed by atoms with Gasteiger partial charge >= 0.3 is 51.4 Å². The van der Waals surface area contributed by atoms with Crippen molar-refractivity contribution in [3.8, 4) is 0 Å². The monoisotopic (exact) mass is 382 g/mol. The Balaban J connectivity index is 0. The number of unbranched alkanes of at least 4 members (excludes halogenated alkanes) is 8. The van der Waals surface area contributed by atoms with Crippen molar-refractivity contribution in [2.45, 2.75) is 71.1 Å². The second kappa shape index (κ2) is 20.8. The summed E-state index contributed by atoms with van der Waals surface area (Å²) >= 11 is 0. The van der Waals surface area contributed by atoms with E-state index in [9.17, 15) is 14.7 Å². The Morgan fingerprint density at radius 2 is 1.52 bits per heavy atom. The zero-order valence-corrected chi connectivity index (χ0v) is 19.3. The third-order valence-electron chi connectivity index (χ3n) is 4.04. The van der Waals surface area contributed by atoms with Crippen LogP contribution in [0.15, 0.2) is 0 Å². The molecule has 0 aliphatic rings. The molecule has 0 aromatic rings. The first-order valence-corrected chi connectivity index (χ1v) is 9.41. The molecule has 0 saturated carbocycles. The molecular weight excluding hydrogens is 347 g/mol. The molecule has 0 unspecified atom stereocenters. The van der Waals surface area contributed by atoms with Gasteiger partial charge in [0.25, 0.3) is 0 Å². The number of nitrogens with zero attached hydrogens (tertiary/aromatic N) is 1. The van der Waals surface area contributed by atoms with Crippen LogP contribution in [-0.4, -0.2) is 54.7 Å². The average Bonchev–Trinajstić information content (AvgIpc) is 2.55. The quantitative estimate of drug-likeness (QED) is 0.226. The summed E-state index contributed by atoms with van der Waals surface area (Å²) in [6, 6.07) is 0. The molecule has 0 fully saturated rings. The number of hydrogen-bond acceptors (Lipinski definition) is 5. The first-order chi connectivity index (χ1) is 11.6. The van der Waals surface area contributed by atoms with Crippen molar-refractivity contribution in [3.63, 3.8) is 0 Å². The van der Waals surface area contributed by atoms with Gasteiger partial charge in [0.15, 0.2) is 0 Å². The number of rotatable bonds is 17. The Morgan fingerprint density at radius 3 is 2.04 bits per heavy atom. The van der Waals surface area contributed by atoms with Gasteiger partial charge in [-0.05, 0) is 6.42 Å². The van der Waals surface area contributed by atoms with Gasteiger partial charge in [-0.15, -0.1) is 0 Å². The minimum atomic E-state index is -1.16. The number of carbonyl (C=O) groups is 2. The molecule has 0 aromatic carbocycles. The van der Waals surface area contributed by atoms with Crippen LogP contribution in [0.2, 0.25) is 0 Å². The van der Waals surface area contributed by atoms with Gasteiger partial charge in [0, 0.05) is 32.6 Å². The smallest absolute Gasteiger partial charge is 0.549 e. The fraction of sp³-hybridized carbons (Fsp3) is 0.889. The van der Waals surface area contributed by atoms with Crippen molar-refractivity contribution in [2.75, 3.05) is 32.8 Å². The zero-order chi connectivity index (χ0) is 18.0. The van der Waals surface area contributed by atoms with E-state index in [4.69, 9.17) is 5.11 Å². The normalized spacial score (nSPS) is 10.3. The van der Waals surface area contributed by atoms with Crippen molar-refractivity contribution in [1.82, 2.24) is 10.2 Å². The Kier molecular flexibility index (Phi) is 23.1. The third kappa shape index (κ3) is 19.1. The summed E-state index contributed by atoms with van der Waals surface area (Å²) in [6.45, 7) is 3.00. The molecular formula is C18H35KN2O4. The Morgan fingerprint density at radius 1 is 0.960 bits per heavy atom. The summed E-state index contributed by atoms with van der Waals surface area (Å²) < 4.78 is 0. The van der Waals surface area contributed by atoms with Crippen molar-refractivity contribution in [3.05, 3.63) is 0 Å². The van der Waals surface area contributed by atoms with E-state index in [1.165, 1.54) is 44.9 Å². The largest absolute Gasteiger partial charge is 1.00 e. The molecule has 7 heteroatoms. The molecule has 1 amide bonds.